The van der Waals surface area contributed by atoms with Crippen LogP contribution in [-0.4, -0.2) is 22.9 Å². The zero-order chi connectivity index (χ0) is 20.9. The van der Waals surface area contributed by atoms with E-state index in [4.69, 9.17) is 5.73 Å². The summed E-state index contributed by atoms with van der Waals surface area (Å²) in [5.74, 6) is -3.11. The Kier molecular flexibility index (Phi) is 5.27. The second-order valence-electron chi connectivity index (χ2n) is 8.76. The van der Waals surface area contributed by atoms with Gasteiger partial charge in [-0.3, -0.25) is 14.4 Å². The Morgan fingerprint density at radius 1 is 1.03 bits per heavy atom. The number of primary amides is 1. The molecule has 1 heterocycles. The van der Waals surface area contributed by atoms with E-state index >= 15 is 0 Å². The van der Waals surface area contributed by atoms with Crippen molar-refractivity contribution in [3.05, 3.63) is 27.2 Å². The molecule has 0 aliphatic heterocycles. The number of carbonyl (C=O) groups excluding carboxylic acids is 2. The zero-order valence-corrected chi connectivity index (χ0v) is 17.7. The fourth-order valence-electron chi connectivity index (χ4n) is 5.89. The number of nitrogens with one attached hydrogen (secondary N) is 1. The minimum Gasteiger partial charge on any atom is -0.481 e. The van der Waals surface area contributed by atoms with Gasteiger partial charge in [0, 0.05) is 4.88 Å². The molecular weight excluding hydrogens is 388 g/mol. The molecule has 0 saturated heterocycles. The van der Waals surface area contributed by atoms with E-state index in [1.54, 1.807) is 0 Å². The molecule has 1 aromatic rings. The number of fused-ring (bicyclic) bond motifs is 3. The lowest BCUT2D eigenvalue weighted by Gasteiger charge is -2.26. The van der Waals surface area contributed by atoms with E-state index in [0.717, 1.165) is 66.5 Å². The topological polar surface area (TPSA) is 109 Å². The van der Waals surface area contributed by atoms with Crippen LogP contribution in [-0.2, 0) is 22.4 Å². The van der Waals surface area contributed by atoms with Crippen molar-refractivity contribution in [2.75, 3.05) is 5.32 Å². The van der Waals surface area contributed by atoms with Crippen LogP contribution in [0.5, 0.6) is 0 Å². The number of carbonyl (C=O) groups is 3. The summed E-state index contributed by atoms with van der Waals surface area (Å²) in [6, 6.07) is 0. The van der Waals surface area contributed by atoms with Gasteiger partial charge in [0.25, 0.3) is 5.91 Å². The lowest BCUT2D eigenvalue weighted by molar-refractivity contribution is -0.148. The van der Waals surface area contributed by atoms with Crippen molar-refractivity contribution in [1.82, 2.24) is 0 Å². The molecule has 2 saturated carbocycles. The molecule has 0 radical (unpaired) electrons. The Labute approximate surface area is 174 Å². The van der Waals surface area contributed by atoms with Crippen molar-refractivity contribution in [3.63, 3.8) is 0 Å². The predicted molar refractivity (Wildman–Crippen MR) is 112 cm³/mol. The maximum atomic E-state index is 13.3. The fourth-order valence-corrected chi connectivity index (χ4v) is 7.19. The van der Waals surface area contributed by atoms with Crippen LogP contribution >= 0.6 is 11.3 Å². The molecule has 3 aliphatic carbocycles. The summed E-state index contributed by atoms with van der Waals surface area (Å²) < 4.78 is 0. The molecular formula is C22H28N2O4S. The van der Waals surface area contributed by atoms with Crippen LogP contribution in [0.4, 0.5) is 5.00 Å². The number of rotatable bonds is 4. The molecule has 156 valence electrons. The molecule has 6 nitrogen and oxygen atoms in total. The largest absolute Gasteiger partial charge is 0.481 e. The van der Waals surface area contributed by atoms with Gasteiger partial charge >= 0.3 is 5.97 Å². The quantitative estimate of drug-likeness (QED) is 0.513. The molecule has 2 fully saturated rings. The van der Waals surface area contributed by atoms with Gasteiger partial charge in [-0.1, -0.05) is 17.6 Å². The van der Waals surface area contributed by atoms with E-state index in [1.165, 1.54) is 11.3 Å². The lowest BCUT2D eigenvalue weighted by Crippen LogP contribution is -2.38. The Morgan fingerprint density at radius 2 is 1.69 bits per heavy atom. The van der Waals surface area contributed by atoms with Crippen molar-refractivity contribution < 1.29 is 19.5 Å². The number of thiophene rings is 1. The van der Waals surface area contributed by atoms with Gasteiger partial charge < -0.3 is 16.2 Å². The van der Waals surface area contributed by atoms with E-state index in [2.05, 4.69) is 5.32 Å². The van der Waals surface area contributed by atoms with Crippen molar-refractivity contribution in [3.8, 4) is 0 Å². The Hall–Kier alpha value is -2.15. The molecule has 2 bridgehead atoms. The maximum Gasteiger partial charge on any atom is 0.307 e. The fraction of sp³-hybridized carbons (Fsp3) is 0.591. The number of aryl methyl sites for hydroxylation is 1. The van der Waals surface area contributed by atoms with Crippen LogP contribution in [0.3, 0.4) is 0 Å². The molecule has 7 heteroatoms. The van der Waals surface area contributed by atoms with E-state index in [9.17, 15) is 19.5 Å². The van der Waals surface area contributed by atoms with Gasteiger partial charge in [0.2, 0.25) is 5.91 Å². The van der Waals surface area contributed by atoms with Crippen molar-refractivity contribution in [2.45, 2.75) is 58.8 Å². The highest BCUT2D eigenvalue weighted by Gasteiger charge is 2.57. The third kappa shape index (κ3) is 3.29. The summed E-state index contributed by atoms with van der Waals surface area (Å²) in [5.41, 5.74) is 9.35. The van der Waals surface area contributed by atoms with Gasteiger partial charge in [0.15, 0.2) is 0 Å². The van der Waals surface area contributed by atoms with E-state index in [0.29, 0.717) is 10.6 Å². The highest BCUT2D eigenvalue weighted by atomic mass is 32.1. The number of nitrogens with two attached hydrogens (primary N) is 1. The third-order valence-electron chi connectivity index (χ3n) is 6.91. The van der Waals surface area contributed by atoms with E-state index in [1.807, 2.05) is 13.8 Å². The molecule has 0 unspecified atom stereocenters. The summed E-state index contributed by atoms with van der Waals surface area (Å²) in [7, 11) is 0. The van der Waals surface area contributed by atoms with Crippen molar-refractivity contribution in [2.24, 2.45) is 29.4 Å². The molecule has 0 aromatic carbocycles. The summed E-state index contributed by atoms with van der Waals surface area (Å²) in [5, 5.41) is 13.3. The van der Waals surface area contributed by atoms with Gasteiger partial charge in [-0.25, -0.2) is 0 Å². The molecule has 4 rings (SSSR count). The van der Waals surface area contributed by atoms with Gasteiger partial charge in [-0.15, -0.1) is 11.3 Å². The minimum absolute atomic E-state index is 0.0269. The number of aliphatic carboxylic acids is 1. The highest BCUT2D eigenvalue weighted by molar-refractivity contribution is 7.17. The first-order valence-corrected chi connectivity index (χ1v) is 11.3. The van der Waals surface area contributed by atoms with Gasteiger partial charge in [-0.2, -0.15) is 0 Å². The number of anilines is 1. The molecule has 4 atom stereocenters. The van der Waals surface area contributed by atoms with Crippen molar-refractivity contribution >= 4 is 34.1 Å². The van der Waals surface area contributed by atoms with Crippen LogP contribution in [0.15, 0.2) is 11.1 Å². The Morgan fingerprint density at radius 3 is 2.31 bits per heavy atom. The highest BCUT2D eigenvalue weighted by Crippen LogP contribution is 2.57. The number of allylic oxidation sites excluding steroid dienone is 2. The molecule has 29 heavy (non-hydrogen) atoms. The Balaban J connectivity index is 1.67. The van der Waals surface area contributed by atoms with E-state index < -0.39 is 23.7 Å². The maximum absolute atomic E-state index is 13.3. The molecule has 2 amide bonds. The smallest absolute Gasteiger partial charge is 0.307 e. The summed E-state index contributed by atoms with van der Waals surface area (Å²) in [6.07, 6.45) is 6.56. The standard InChI is InChI=1S/C22H28N2O4S/c1-10(2)15-12-8-9-13(15)17(22(27)28)16(12)20(26)24-21-18(19(23)25)11-6-4-3-5-7-14(11)29-21/h12-13,16-17H,3-9H2,1-2H3,(H2,23,25)(H,24,26)(H,27,28)/t12-,13-,16+,17-/m1/s1. The first-order chi connectivity index (χ1) is 13.8. The first kappa shape index (κ1) is 20.1. The minimum atomic E-state index is -0.909. The van der Waals surface area contributed by atoms with Crippen LogP contribution in [0.25, 0.3) is 0 Å². The van der Waals surface area contributed by atoms with Crippen molar-refractivity contribution in [1.29, 1.82) is 0 Å². The first-order valence-electron chi connectivity index (χ1n) is 10.5. The molecule has 4 N–H and O–H groups in total. The number of carboxylic acids is 1. The summed E-state index contributed by atoms with van der Waals surface area (Å²) >= 11 is 1.44. The average molecular weight is 417 g/mol. The second kappa shape index (κ2) is 7.59. The van der Waals surface area contributed by atoms with Crippen LogP contribution < -0.4 is 11.1 Å². The lowest BCUT2D eigenvalue weighted by atomic mass is 9.78. The number of hydrogen-bond acceptors (Lipinski definition) is 4. The average Bonchev–Trinajstić information content (AvgIpc) is 3.26. The molecule has 0 spiro atoms. The van der Waals surface area contributed by atoms with Crippen LogP contribution in [0, 0.1) is 23.7 Å². The van der Waals surface area contributed by atoms with Gasteiger partial charge in [0.05, 0.1) is 17.4 Å². The van der Waals surface area contributed by atoms with Crippen LogP contribution in [0.2, 0.25) is 0 Å². The Bertz CT molecular complexity index is 912. The number of amides is 2. The second-order valence-corrected chi connectivity index (χ2v) is 9.86. The van der Waals surface area contributed by atoms with Gasteiger partial charge in [-0.05, 0) is 69.8 Å². The normalized spacial score (nSPS) is 28.0. The SMILES string of the molecule is CC(C)=C1[C@H]2CC[C@H]1[C@@H](C(=O)O)[C@H]2C(=O)Nc1sc2c(c1C(N)=O)CCCCC2. The molecule has 1 aromatic heterocycles. The zero-order valence-electron chi connectivity index (χ0n) is 16.9. The van der Waals surface area contributed by atoms with E-state index in [-0.39, 0.29) is 17.7 Å². The third-order valence-corrected chi connectivity index (χ3v) is 8.12. The summed E-state index contributed by atoms with van der Waals surface area (Å²) in [6.45, 7) is 4.00. The molecule has 3 aliphatic rings. The van der Waals surface area contributed by atoms with Crippen LogP contribution in [0.1, 0.15) is 66.8 Å². The van der Waals surface area contributed by atoms with Gasteiger partial charge in [0.1, 0.15) is 5.00 Å². The predicted octanol–water partition coefficient (Wildman–Crippen LogP) is 3.75. The number of carboxylic acid groups (broad SMARTS) is 1. The monoisotopic (exact) mass is 416 g/mol. The summed E-state index contributed by atoms with van der Waals surface area (Å²) in [4.78, 5) is 38.6. The number of hydrogen-bond donors (Lipinski definition) is 3.